The van der Waals surface area contributed by atoms with Gasteiger partial charge in [-0.3, -0.25) is 4.48 Å². The van der Waals surface area contributed by atoms with Crippen molar-refractivity contribution in [3.63, 3.8) is 0 Å². The molecule has 0 aromatic heterocycles. The molecule has 2 rings (SSSR count). The van der Waals surface area contributed by atoms with E-state index >= 15 is 0 Å². The Morgan fingerprint density at radius 3 is 1.74 bits per heavy atom. The first-order valence-electron chi connectivity index (χ1n) is 6.40. The van der Waals surface area contributed by atoms with Gasteiger partial charge in [-0.15, -0.1) is 0 Å². The molecule has 0 N–H and O–H groups in total. The van der Waals surface area contributed by atoms with Gasteiger partial charge in [0.1, 0.15) is 15.8 Å². The number of halogens is 3. The van der Waals surface area contributed by atoms with Crippen molar-refractivity contribution in [3.8, 4) is 0 Å². The average Bonchev–Trinajstić information content (AvgIpc) is 2.42. The van der Waals surface area contributed by atoms with Crippen LogP contribution in [0.2, 0.25) is 15.1 Å². The molecule has 4 nitrogen and oxygen atoms in total. The van der Waals surface area contributed by atoms with Crippen LogP contribution in [0, 0.1) is 0 Å². The van der Waals surface area contributed by atoms with E-state index in [-0.39, 0.29) is 15.1 Å². The van der Waals surface area contributed by atoms with Gasteiger partial charge >= 0.3 is 0 Å². The third-order valence-electron chi connectivity index (χ3n) is 2.77. The first-order chi connectivity index (χ1) is 10.4. The monoisotopic (exact) mass is 395 g/mol. The lowest BCUT2D eigenvalue weighted by molar-refractivity contribution is 0.463. The molecule has 0 heterocycles. The van der Waals surface area contributed by atoms with Crippen molar-refractivity contribution in [2.45, 2.75) is 4.90 Å². The molecule has 0 aliphatic carbocycles. The summed E-state index contributed by atoms with van der Waals surface area (Å²) in [5, 5.41) is -0.163. The smallest absolute Gasteiger partial charge is 0.132 e. The van der Waals surface area contributed by atoms with Crippen LogP contribution >= 0.6 is 34.8 Å². The predicted molar refractivity (Wildman–Crippen MR) is 95.4 cm³/mol. The molecule has 8 heteroatoms. The molecule has 0 aliphatic rings. The van der Waals surface area contributed by atoms with Crippen molar-refractivity contribution in [2.24, 2.45) is 0 Å². The van der Waals surface area contributed by atoms with Crippen LogP contribution in [0.25, 0.3) is 0 Å². The second kappa shape index (κ2) is 7.83. The first kappa shape index (κ1) is 20.2. The fourth-order valence-corrected chi connectivity index (χ4v) is 3.03. The van der Waals surface area contributed by atoms with E-state index in [1.165, 1.54) is 5.69 Å². The molecular formula is C15H16Cl3NO3S. The van der Waals surface area contributed by atoms with Gasteiger partial charge < -0.3 is 4.55 Å². The minimum atomic E-state index is -4.60. The summed E-state index contributed by atoms with van der Waals surface area (Å²) >= 11 is 16.5. The number of benzene rings is 2. The molecular weight excluding hydrogens is 381 g/mol. The molecule has 23 heavy (non-hydrogen) atoms. The lowest BCUT2D eigenvalue weighted by Crippen LogP contribution is -2.34. The summed E-state index contributed by atoms with van der Waals surface area (Å²) in [6, 6.07) is 12.5. The van der Waals surface area contributed by atoms with Crippen molar-refractivity contribution in [1.29, 1.82) is 0 Å². The molecule has 0 aliphatic heterocycles. The Labute approximate surface area is 151 Å². The Kier molecular flexibility index (Phi) is 6.89. The molecule has 0 atom stereocenters. The van der Waals surface area contributed by atoms with Crippen molar-refractivity contribution in [2.75, 3.05) is 21.1 Å². The molecule has 0 saturated heterocycles. The molecule has 126 valence electrons. The van der Waals surface area contributed by atoms with Gasteiger partial charge in [0.05, 0.1) is 41.1 Å². The number of quaternary nitrogens is 1. The minimum Gasteiger partial charge on any atom is -0.744 e. The molecule has 0 saturated carbocycles. The standard InChI is InChI=1S/C9H14N.C6H3Cl3O3S/c1-10(2,3)9-7-5-4-6-8-9;7-3-1-5(9)6(2-4(3)8)13(10,11)12/h4-8H,1-3H3;1-2H,(H,10,11,12)/q+1;/p-1. The van der Waals surface area contributed by atoms with Gasteiger partial charge in [0, 0.05) is 0 Å². The number of para-hydroxylation sites is 1. The van der Waals surface area contributed by atoms with Crippen LogP contribution in [-0.2, 0) is 10.1 Å². The highest BCUT2D eigenvalue weighted by Gasteiger charge is 2.11. The van der Waals surface area contributed by atoms with Crippen molar-refractivity contribution in [3.05, 3.63) is 57.5 Å². The Bertz CT molecular complexity index is 773. The zero-order chi connectivity index (χ0) is 17.8. The molecule has 0 radical (unpaired) electrons. The summed E-state index contributed by atoms with van der Waals surface area (Å²) in [5.74, 6) is 0. The third kappa shape index (κ3) is 6.30. The van der Waals surface area contributed by atoms with E-state index in [4.69, 9.17) is 34.8 Å². The average molecular weight is 397 g/mol. The zero-order valence-electron chi connectivity index (χ0n) is 12.8. The van der Waals surface area contributed by atoms with Crippen molar-refractivity contribution < 1.29 is 13.0 Å². The van der Waals surface area contributed by atoms with E-state index in [0.717, 1.165) is 16.6 Å². The summed E-state index contributed by atoms with van der Waals surface area (Å²) in [4.78, 5) is -0.566. The van der Waals surface area contributed by atoms with Gasteiger partial charge in [0.2, 0.25) is 0 Å². The molecule has 2 aromatic rings. The fraction of sp³-hybridized carbons (Fsp3) is 0.200. The SMILES string of the molecule is C[N+](C)(C)c1ccccc1.O=S(=O)([O-])c1cc(Cl)c(Cl)cc1Cl. The second-order valence-corrected chi connectivity index (χ2v) is 8.07. The fourth-order valence-electron chi connectivity index (χ4n) is 1.57. The summed E-state index contributed by atoms with van der Waals surface area (Å²) in [7, 11) is 1.89. The van der Waals surface area contributed by atoms with Gasteiger partial charge in [0.25, 0.3) is 0 Å². The highest BCUT2D eigenvalue weighted by atomic mass is 35.5. The van der Waals surface area contributed by atoms with E-state index in [1.54, 1.807) is 0 Å². The minimum absolute atomic E-state index is 0.0273. The third-order valence-corrected chi connectivity index (χ3v) is 4.80. The zero-order valence-corrected chi connectivity index (χ0v) is 15.8. The summed E-state index contributed by atoms with van der Waals surface area (Å²) in [5.41, 5.74) is 1.34. The van der Waals surface area contributed by atoms with Gasteiger partial charge in [0.15, 0.2) is 0 Å². The number of nitrogens with zero attached hydrogens (tertiary/aromatic N) is 1. The Balaban J connectivity index is 0.000000238. The van der Waals surface area contributed by atoms with Gasteiger partial charge in [-0.1, -0.05) is 53.0 Å². The lowest BCUT2D eigenvalue weighted by atomic mass is 10.3. The highest BCUT2D eigenvalue weighted by molar-refractivity contribution is 7.85. The van der Waals surface area contributed by atoms with Crippen LogP contribution in [-0.4, -0.2) is 34.1 Å². The predicted octanol–water partition coefficient (Wildman–Crippen LogP) is 4.43. The molecule has 2 aromatic carbocycles. The van der Waals surface area contributed by atoms with E-state index < -0.39 is 15.0 Å². The van der Waals surface area contributed by atoms with E-state index in [2.05, 4.69) is 45.4 Å². The van der Waals surface area contributed by atoms with Gasteiger partial charge in [-0.2, -0.15) is 0 Å². The maximum atomic E-state index is 10.6. The van der Waals surface area contributed by atoms with Crippen LogP contribution in [0.1, 0.15) is 0 Å². The quantitative estimate of drug-likeness (QED) is 0.428. The Morgan fingerprint density at radius 2 is 1.35 bits per heavy atom. The van der Waals surface area contributed by atoms with Crippen LogP contribution in [0.4, 0.5) is 5.69 Å². The van der Waals surface area contributed by atoms with E-state index in [1.807, 2.05) is 6.07 Å². The van der Waals surface area contributed by atoms with Crippen LogP contribution in [0.15, 0.2) is 47.4 Å². The van der Waals surface area contributed by atoms with Crippen molar-refractivity contribution in [1.82, 2.24) is 4.48 Å². The summed E-state index contributed by atoms with van der Waals surface area (Å²) < 4.78 is 32.6. The van der Waals surface area contributed by atoms with E-state index in [9.17, 15) is 13.0 Å². The molecule has 0 amide bonds. The van der Waals surface area contributed by atoms with Gasteiger partial charge in [-0.05, 0) is 24.3 Å². The largest absolute Gasteiger partial charge is 0.744 e. The summed E-state index contributed by atoms with van der Waals surface area (Å²) in [6.07, 6.45) is 0. The molecule has 0 bridgehead atoms. The Hall–Kier alpha value is -0.820. The van der Waals surface area contributed by atoms with Crippen LogP contribution in [0.5, 0.6) is 0 Å². The van der Waals surface area contributed by atoms with E-state index in [0.29, 0.717) is 0 Å². The maximum Gasteiger partial charge on any atom is 0.132 e. The van der Waals surface area contributed by atoms with Crippen molar-refractivity contribution >= 4 is 50.6 Å². The number of hydrogen-bond donors (Lipinski definition) is 0. The molecule has 0 unspecified atom stereocenters. The van der Waals surface area contributed by atoms with Crippen LogP contribution in [0.3, 0.4) is 0 Å². The highest BCUT2D eigenvalue weighted by Crippen LogP contribution is 2.31. The summed E-state index contributed by atoms with van der Waals surface area (Å²) in [6.45, 7) is 0. The lowest BCUT2D eigenvalue weighted by Gasteiger charge is -2.22. The second-order valence-electron chi connectivity index (χ2n) is 5.50. The molecule has 0 fully saturated rings. The number of hydrogen-bond acceptors (Lipinski definition) is 3. The van der Waals surface area contributed by atoms with Crippen LogP contribution < -0.4 is 4.48 Å². The van der Waals surface area contributed by atoms with Gasteiger partial charge in [-0.25, -0.2) is 8.42 Å². The Morgan fingerprint density at radius 1 is 0.870 bits per heavy atom. The number of rotatable bonds is 2. The topological polar surface area (TPSA) is 57.2 Å². The maximum absolute atomic E-state index is 10.6. The normalized spacial score (nSPS) is 11.6. The molecule has 0 spiro atoms. The first-order valence-corrected chi connectivity index (χ1v) is 8.94.